The van der Waals surface area contributed by atoms with Crippen molar-refractivity contribution in [3.05, 3.63) is 34.8 Å². The van der Waals surface area contributed by atoms with E-state index in [4.69, 9.17) is 5.11 Å². The largest absolute Gasteiger partial charge is 0.507 e. The van der Waals surface area contributed by atoms with Gasteiger partial charge in [-0.05, 0) is 24.6 Å². The molecule has 1 aromatic carbocycles. The molecular weight excluding hydrogens is 226 g/mol. The van der Waals surface area contributed by atoms with E-state index in [1.54, 1.807) is 12.1 Å². The van der Waals surface area contributed by atoms with Gasteiger partial charge in [0.05, 0.1) is 5.56 Å². The molecule has 1 aromatic heterocycles. The molecule has 2 aromatic rings. The number of hydrogen-bond donors (Lipinski definition) is 2. The fraction of sp³-hybridized carbons (Fsp3) is 0.0909. The van der Waals surface area contributed by atoms with Crippen molar-refractivity contribution in [3.63, 3.8) is 0 Å². The normalized spacial score (nSPS) is 10.3. The van der Waals surface area contributed by atoms with E-state index in [9.17, 15) is 9.90 Å². The smallest absolute Gasteiger partial charge is 0.355 e. The lowest BCUT2D eigenvalue weighted by atomic mass is 10.1. The first-order chi connectivity index (χ1) is 7.58. The van der Waals surface area contributed by atoms with Gasteiger partial charge in [0.2, 0.25) is 0 Å². The number of phenols is 1. The van der Waals surface area contributed by atoms with Crippen molar-refractivity contribution in [1.82, 2.24) is 4.98 Å². The number of aryl methyl sites for hydroxylation is 1. The zero-order chi connectivity index (χ0) is 11.7. The average molecular weight is 235 g/mol. The monoisotopic (exact) mass is 235 g/mol. The highest BCUT2D eigenvalue weighted by atomic mass is 32.1. The highest BCUT2D eigenvalue weighted by Crippen LogP contribution is 2.31. The Morgan fingerprint density at radius 1 is 1.44 bits per heavy atom. The summed E-state index contributed by atoms with van der Waals surface area (Å²) in [5.41, 5.74) is 1.50. The van der Waals surface area contributed by atoms with Crippen molar-refractivity contribution < 1.29 is 15.0 Å². The maximum Gasteiger partial charge on any atom is 0.355 e. The molecule has 0 spiro atoms. The van der Waals surface area contributed by atoms with Crippen LogP contribution in [-0.4, -0.2) is 21.2 Å². The Kier molecular flexibility index (Phi) is 2.62. The lowest BCUT2D eigenvalue weighted by molar-refractivity contribution is 0.0691. The molecule has 82 valence electrons. The Morgan fingerprint density at radius 2 is 2.19 bits per heavy atom. The Bertz CT molecular complexity index is 548. The minimum Gasteiger partial charge on any atom is -0.507 e. The van der Waals surface area contributed by atoms with Gasteiger partial charge >= 0.3 is 5.97 Å². The molecule has 4 nitrogen and oxygen atoms in total. The number of aromatic carboxylic acids is 1. The third kappa shape index (κ3) is 1.90. The summed E-state index contributed by atoms with van der Waals surface area (Å²) in [6.45, 7) is 1.87. The van der Waals surface area contributed by atoms with Crippen LogP contribution in [0, 0.1) is 6.92 Å². The highest BCUT2D eigenvalue weighted by molar-refractivity contribution is 7.13. The Morgan fingerprint density at radius 3 is 2.75 bits per heavy atom. The molecule has 0 unspecified atom stereocenters. The number of carboxylic acids is 1. The molecule has 16 heavy (non-hydrogen) atoms. The molecule has 0 aliphatic heterocycles. The van der Waals surface area contributed by atoms with E-state index in [1.807, 2.05) is 13.0 Å². The lowest BCUT2D eigenvalue weighted by Crippen LogP contribution is -1.95. The predicted octanol–water partition coefficient (Wildman–Crippen LogP) is 2.52. The van der Waals surface area contributed by atoms with Gasteiger partial charge < -0.3 is 10.2 Å². The molecule has 0 aliphatic carbocycles. The van der Waals surface area contributed by atoms with Gasteiger partial charge in [-0.3, -0.25) is 0 Å². The standard InChI is InChI=1S/C11H9NO3S/c1-6-2-3-7(9(13)4-6)10-12-8(5-16-10)11(14)15/h2-5,13H,1H3,(H,14,15). The van der Waals surface area contributed by atoms with E-state index in [1.165, 1.54) is 16.7 Å². The minimum atomic E-state index is -1.06. The van der Waals surface area contributed by atoms with Crippen molar-refractivity contribution in [2.75, 3.05) is 0 Å². The third-order valence-corrected chi connectivity index (χ3v) is 2.98. The first-order valence-corrected chi connectivity index (χ1v) is 5.44. The Labute approximate surface area is 95.8 Å². The van der Waals surface area contributed by atoms with Gasteiger partial charge in [0.1, 0.15) is 10.8 Å². The van der Waals surface area contributed by atoms with Crippen molar-refractivity contribution >= 4 is 17.3 Å². The molecule has 0 saturated carbocycles. The number of hydrogen-bond acceptors (Lipinski definition) is 4. The molecule has 0 saturated heterocycles. The fourth-order valence-corrected chi connectivity index (χ4v) is 2.15. The van der Waals surface area contributed by atoms with Crippen LogP contribution in [-0.2, 0) is 0 Å². The number of nitrogens with zero attached hydrogens (tertiary/aromatic N) is 1. The SMILES string of the molecule is Cc1ccc(-c2nc(C(=O)O)cs2)c(O)c1. The summed E-state index contributed by atoms with van der Waals surface area (Å²) in [4.78, 5) is 14.6. The number of carboxylic acid groups (broad SMARTS) is 1. The van der Waals surface area contributed by atoms with Crippen molar-refractivity contribution in [1.29, 1.82) is 0 Å². The summed E-state index contributed by atoms with van der Waals surface area (Å²) >= 11 is 1.20. The molecule has 0 radical (unpaired) electrons. The van der Waals surface area contributed by atoms with Crippen LogP contribution in [0.4, 0.5) is 0 Å². The van der Waals surface area contributed by atoms with Gasteiger partial charge in [0, 0.05) is 5.38 Å². The maximum atomic E-state index is 10.7. The zero-order valence-electron chi connectivity index (χ0n) is 8.47. The number of benzene rings is 1. The second-order valence-electron chi connectivity index (χ2n) is 3.36. The molecule has 2 N–H and O–H groups in total. The van der Waals surface area contributed by atoms with E-state index < -0.39 is 5.97 Å². The Balaban J connectivity index is 2.46. The predicted molar refractivity (Wildman–Crippen MR) is 60.9 cm³/mol. The summed E-state index contributed by atoms with van der Waals surface area (Å²) in [5.74, 6) is -0.944. The Hall–Kier alpha value is -1.88. The number of thiazole rings is 1. The molecular formula is C11H9NO3S. The van der Waals surface area contributed by atoms with Crippen LogP contribution in [0.2, 0.25) is 0 Å². The van der Waals surface area contributed by atoms with E-state index >= 15 is 0 Å². The van der Waals surface area contributed by atoms with Crippen LogP contribution < -0.4 is 0 Å². The van der Waals surface area contributed by atoms with Crippen molar-refractivity contribution in [2.24, 2.45) is 0 Å². The van der Waals surface area contributed by atoms with Gasteiger partial charge in [-0.1, -0.05) is 6.07 Å². The van der Waals surface area contributed by atoms with E-state index in [0.29, 0.717) is 10.6 Å². The third-order valence-electron chi connectivity index (χ3n) is 2.11. The second-order valence-corrected chi connectivity index (χ2v) is 4.22. The lowest BCUT2D eigenvalue weighted by Gasteiger charge is -2.01. The van der Waals surface area contributed by atoms with Crippen LogP contribution in [0.3, 0.4) is 0 Å². The molecule has 0 atom stereocenters. The average Bonchev–Trinajstić information content (AvgIpc) is 2.66. The molecule has 0 bridgehead atoms. The van der Waals surface area contributed by atoms with E-state index in [2.05, 4.69) is 4.98 Å². The summed E-state index contributed by atoms with van der Waals surface area (Å²) < 4.78 is 0. The fourth-order valence-electron chi connectivity index (χ4n) is 1.32. The van der Waals surface area contributed by atoms with Gasteiger partial charge in [0.15, 0.2) is 5.69 Å². The van der Waals surface area contributed by atoms with Crippen LogP contribution in [0.15, 0.2) is 23.6 Å². The topological polar surface area (TPSA) is 70.4 Å². The second kappa shape index (κ2) is 3.94. The van der Waals surface area contributed by atoms with Gasteiger partial charge in [0.25, 0.3) is 0 Å². The van der Waals surface area contributed by atoms with Gasteiger partial charge in [-0.15, -0.1) is 11.3 Å². The molecule has 0 amide bonds. The summed E-state index contributed by atoms with van der Waals surface area (Å²) in [6.07, 6.45) is 0. The summed E-state index contributed by atoms with van der Waals surface area (Å²) in [7, 11) is 0. The number of aromatic nitrogens is 1. The van der Waals surface area contributed by atoms with Crippen LogP contribution >= 0.6 is 11.3 Å². The summed E-state index contributed by atoms with van der Waals surface area (Å²) in [5, 5.41) is 20.4. The molecule has 5 heteroatoms. The van der Waals surface area contributed by atoms with E-state index in [0.717, 1.165) is 5.56 Å². The molecule has 0 fully saturated rings. The molecule has 2 rings (SSSR count). The minimum absolute atomic E-state index is 0.0000231. The number of carbonyl (C=O) groups is 1. The molecule has 1 heterocycles. The first kappa shape index (κ1) is 10.6. The molecule has 0 aliphatic rings. The van der Waals surface area contributed by atoms with Crippen molar-refractivity contribution in [3.8, 4) is 16.3 Å². The zero-order valence-corrected chi connectivity index (χ0v) is 9.28. The maximum absolute atomic E-state index is 10.7. The quantitative estimate of drug-likeness (QED) is 0.839. The first-order valence-electron chi connectivity index (χ1n) is 4.57. The summed E-state index contributed by atoms with van der Waals surface area (Å²) in [6, 6.07) is 5.20. The number of aromatic hydroxyl groups is 1. The number of phenolic OH excluding ortho intramolecular Hbond substituents is 1. The van der Waals surface area contributed by atoms with E-state index in [-0.39, 0.29) is 11.4 Å². The van der Waals surface area contributed by atoms with Gasteiger partial charge in [-0.2, -0.15) is 0 Å². The van der Waals surface area contributed by atoms with Crippen LogP contribution in [0.1, 0.15) is 16.1 Å². The van der Waals surface area contributed by atoms with Crippen LogP contribution in [0.25, 0.3) is 10.6 Å². The van der Waals surface area contributed by atoms with Crippen LogP contribution in [0.5, 0.6) is 5.75 Å². The van der Waals surface area contributed by atoms with Crippen molar-refractivity contribution in [2.45, 2.75) is 6.92 Å². The van der Waals surface area contributed by atoms with Gasteiger partial charge in [-0.25, -0.2) is 9.78 Å². The highest BCUT2D eigenvalue weighted by Gasteiger charge is 2.12. The number of rotatable bonds is 2.